The van der Waals surface area contributed by atoms with Crippen LogP contribution >= 0.6 is 0 Å². The first kappa shape index (κ1) is 31.8. The van der Waals surface area contributed by atoms with E-state index in [-0.39, 0.29) is 17.8 Å². The molecule has 0 fully saturated rings. The molecule has 4 aromatic rings. The average molecular weight is 651 g/mol. The van der Waals surface area contributed by atoms with Crippen LogP contribution in [0, 0.1) is 0 Å². The van der Waals surface area contributed by atoms with Crippen molar-refractivity contribution in [3.8, 4) is 46.0 Å². The molecule has 0 spiro atoms. The minimum Gasteiger partial charge on any atom is -0.493 e. The molecule has 6 bridgehead atoms. The Bertz CT molecular complexity index is 1850. The number of likely N-dealkylation sites (N-methyl/N-ethyl adjacent to an activating group) is 2. The highest BCUT2D eigenvalue weighted by Gasteiger charge is 2.35. The number of benzene rings is 4. The highest BCUT2D eigenvalue weighted by atomic mass is 16.6. The number of carbonyl (C=O) groups is 1. The maximum atomic E-state index is 12.6. The van der Waals surface area contributed by atoms with Gasteiger partial charge in [-0.1, -0.05) is 18.2 Å². The molecule has 9 heteroatoms. The number of esters is 1. The van der Waals surface area contributed by atoms with Crippen molar-refractivity contribution in [1.82, 2.24) is 9.80 Å². The molecule has 0 aromatic heterocycles. The quantitative estimate of drug-likeness (QED) is 0.170. The average Bonchev–Trinajstić information content (AvgIpc) is 3.08. The van der Waals surface area contributed by atoms with Gasteiger partial charge in [0.1, 0.15) is 5.75 Å². The fourth-order valence-electron chi connectivity index (χ4n) is 7.32. The van der Waals surface area contributed by atoms with E-state index < -0.39 is 5.97 Å². The summed E-state index contributed by atoms with van der Waals surface area (Å²) in [6, 6.07) is 20.5. The lowest BCUT2D eigenvalue weighted by atomic mass is 9.87. The summed E-state index contributed by atoms with van der Waals surface area (Å²) >= 11 is 0. The van der Waals surface area contributed by atoms with Crippen LogP contribution in [0.2, 0.25) is 0 Å². The maximum absolute atomic E-state index is 12.6. The number of fused-ring (bicyclic) bond motifs is 2. The van der Waals surface area contributed by atoms with Gasteiger partial charge in [-0.05, 0) is 110 Å². The summed E-state index contributed by atoms with van der Waals surface area (Å²) in [5, 5.41) is 0. The highest BCUT2D eigenvalue weighted by molar-refractivity contribution is 5.74. The fraction of sp³-hybridized carbons (Fsp3) is 0.359. The van der Waals surface area contributed by atoms with E-state index in [1.54, 1.807) is 21.3 Å². The van der Waals surface area contributed by atoms with Crippen molar-refractivity contribution in [2.45, 2.75) is 44.7 Å². The molecule has 0 saturated carbocycles. The van der Waals surface area contributed by atoms with Crippen LogP contribution in [0.15, 0.2) is 60.7 Å². The number of hydrogen-bond donors (Lipinski definition) is 0. The zero-order chi connectivity index (χ0) is 33.5. The van der Waals surface area contributed by atoms with Crippen LogP contribution in [0.25, 0.3) is 0 Å². The van der Waals surface area contributed by atoms with Gasteiger partial charge in [-0.15, -0.1) is 0 Å². The molecule has 4 aliphatic rings. The minimum atomic E-state index is -0.463. The predicted octanol–water partition coefficient (Wildman–Crippen LogP) is 7.08. The summed E-state index contributed by atoms with van der Waals surface area (Å²) in [5.74, 6) is 3.92. The van der Waals surface area contributed by atoms with Crippen molar-refractivity contribution >= 4 is 5.97 Å². The van der Waals surface area contributed by atoms with Gasteiger partial charge < -0.3 is 28.4 Å². The molecule has 0 saturated heterocycles. The van der Waals surface area contributed by atoms with Crippen LogP contribution in [0.3, 0.4) is 0 Å². The Hall–Kier alpha value is -4.73. The first-order chi connectivity index (χ1) is 23.3. The third kappa shape index (κ3) is 5.93. The third-order valence-corrected chi connectivity index (χ3v) is 9.89. The SMILES string of the molecule is COc1ccc2cc1Oc1ccc(cc1)C[C@H]1c3cc(c(OC)cc3CCN1C)Oc1c(OC(C)=O)c(OC)cc3c1[C@H](C2)N(C)CC3. The number of nitrogens with zero attached hydrogens (tertiary/aromatic N) is 2. The van der Waals surface area contributed by atoms with Crippen molar-refractivity contribution < 1.29 is 33.2 Å². The molecule has 0 radical (unpaired) electrons. The summed E-state index contributed by atoms with van der Waals surface area (Å²) in [4.78, 5) is 17.3. The normalized spacial score (nSPS) is 18.8. The standard InChI is InChI=1S/C39H42N2O7/c1-23(42)46-38-36(45-6)21-27-14-16-41(3)31-18-25-9-12-32(43-4)34(19-25)47-28-10-7-24(8-11-28)17-30-29-22-35(48-39(38)37(27)31)33(44-5)20-26(29)13-15-40(30)2/h7-12,19-22,30-31H,13-18H2,1-6H3/t30-,31-/m0/s1. The molecule has 0 aliphatic carbocycles. The van der Waals surface area contributed by atoms with Gasteiger partial charge in [0.2, 0.25) is 5.75 Å². The smallest absolute Gasteiger partial charge is 0.308 e. The summed E-state index contributed by atoms with van der Waals surface area (Å²) in [6.07, 6.45) is 3.11. The Kier molecular flexibility index (Phi) is 8.66. The fourth-order valence-corrected chi connectivity index (χ4v) is 7.32. The number of carbonyl (C=O) groups excluding carboxylic acids is 1. The van der Waals surface area contributed by atoms with Crippen molar-refractivity contribution in [3.05, 3.63) is 94.0 Å². The first-order valence-corrected chi connectivity index (χ1v) is 16.4. The van der Waals surface area contributed by atoms with E-state index in [1.807, 2.05) is 30.3 Å². The number of hydrogen-bond acceptors (Lipinski definition) is 9. The molecule has 8 rings (SSSR count). The molecule has 0 amide bonds. The van der Waals surface area contributed by atoms with Crippen LogP contribution in [0.1, 0.15) is 52.4 Å². The van der Waals surface area contributed by atoms with Gasteiger partial charge in [-0.25, -0.2) is 0 Å². The number of ether oxygens (including phenoxy) is 6. The Labute approximate surface area is 281 Å². The third-order valence-electron chi connectivity index (χ3n) is 9.89. The number of rotatable bonds is 4. The molecular formula is C39H42N2O7. The van der Waals surface area contributed by atoms with Crippen molar-refractivity contribution in [1.29, 1.82) is 0 Å². The summed E-state index contributed by atoms with van der Waals surface area (Å²) in [6.45, 7) is 3.14. The van der Waals surface area contributed by atoms with E-state index >= 15 is 0 Å². The Balaban J connectivity index is 1.48. The molecule has 48 heavy (non-hydrogen) atoms. The van der Waals surface area contributed by atoms with Crippen LogP contribution in [-0.4, -0.2) is 64.3 Å². The van der Waals surface area contributed by atoms with Gasteiger partial charge in [-0.3, -0.25) is 14.6 Å². The van der Waals surface area contributed by atoms with Gasteiger partial charge in [0.05, 0.1) is 21.3 Å². The minimum absolute atomic E-state index is 0.107. The van der Waals surface area contributed by atoms with E-state index in [0.717, 1.165) is 54.8 Å². The van der Waals surface area contributed by atoms with Crippen molar-refractivity contribution in [2.75, 3.05) is 48.5 Å². The molecule has 4 heterocycles. The molecule has 9 nitrogen and oxygen atoms in total. The van der Waals surface area contributed by atoms with Crippen LogP contribution in [0.4, 0.5) is 0 Å². The van der Waals surface area contributed by atoms with Gasteiger partial charge in [0, 0.05) is 37.7 Å². The molecule has 0 unspecified atom stereocenters. The second kappa shape index (κ2) is 13.1. The lowest BCUT2D eigenvalue weighted by Crippen LogP contribution is -2.34. The highest BCUT2D eigenvalue weighted by Crippen LogP contribution is 2.52. The van der Waals surface area contributed by atoms with Crippen molar-refractivity contribution in [3.63, 3.8) is 0 Å². The zero-order valence-electron chi connectivity index (χ0n) is 28.4. The Morgan fingerprint density at radius 1 is 0.708 bits per heavy atom. The summed E-state index contributed by atoms with van der Waals surface area (Å²) < 4.78 is 36.8. The van der Waals surface area contributed by atoms with E-state index in [9.17, 15) is 4.79 Å². The lowest BCUT2D eigenvalue weighted by molar-refractivity contribution is -0.132. The van der Waals surface area contributed by atoms with Gasteiger partial charge in [-0.2, -0.15) is 0 Å². The topological polar surface area (TPSA) is 78.9 Å². The van der Waals surface area contributed by atoms with Crippen LogP contribution in [-0.2, 0) is 30.5 Å². The van der Waals surface area contributed by atoms with E-state index in [0.29, 0.717) is 40.9 Å². The van der Waals surface area contributed by atoms with Gasteiger partial charge >= 0.3 is 5.97 Å². The Morgan fingerprint density at radius 2 is 1.33 bits per heavy atom. The molecule has 250 valence electrons. The molecule has 4 aromatic carbocycles. The predicted molar refractivity (Wildman–Crippen MR) is 182 cm³/mol. The maximum Gasteiger partial charge on any atom is 0.308 e. The summed E-state index contributed by atoms with van der Waals surface area (Å²) in [7, 11) is 9.18. The zero-order valence-corrected chi connectivity index (χ0v) is 28.4. The second-order valence-electron chi connectivity index (χ2n) is 12.8. The summed E-state index contributed by atoms with van der Waals surface area (Å²) in [5.41, 5.74) is 6.68. The monoisotopic (exact) mass is 650 g/mol. The largest absolute Gasteiger partial charge is 0.493 e. The van der Waals surface area contributed by atoms with Gasteiger partial charge in [0.25, 0.3) is 0 Å². The van der Waals surface area contributed by atoms with E-state index in [1.165, 1.54) is 23.6 Å². The van der Waals surface area contributed by atoms with Crippen LogP contribution < -0.4 is 28.4 Å². The number of methoxy groups -OCH3 is 3. The lowest BCUT2D eigenvalue weighted by Gasteiger charge is -2.37. The molecule has 0 N–H and O–H groups in total. The molecular weight excluding hydrogens is 608 g/mol. The van der Waals surface area contributed by atoms with Crippen LogP contribution in [0.5, 0.6) is 46.0 Å². The second-order valence-corrected chi connectivity index (χ2v) is 12.8. The van der Waals surface area contributed by atoms with Crippen molar-refractivity contribution in [2.24, 2.45) is 0 Å². The van der Waals surface area contributed by atoms with E-state index in [4.69, 9.17) is 28.4 Å². The first-order valence-electron chi connectivity index (χ1n) is 16.4. The van der Waals surface area contributed by atoms with Gasteiger partial charge in [0.15, 0.2) is 34.5 Å². The molecule has 4 aliphatic heterocycles. The Morgan fingerprint density at radius 3 is 2.04 bits per heavy atom. The van der Waals surface area contributed by atoms with E-state index in [2.05, 4.69) is 54.2 Å². The molecule has 2 atom stereocenters.